The molecule has 0 aromatic rings. The van der Waals surface area contributed by atoms with Crippen molar-refractivity contribution in [2.75, 3.05) is 0 Å². The van der Waals surface area contributed by atoms with E-state index in [1.165, 1.54) is 51.4 Å². The standard InChI is InChI=1S/2C16H25.2ClH.Zr/c2*1-13-8-11-15(5,12-13)16(14(2,3)4)9-6-7-10-16;;;/h2*8,11H,6-7,9-10H2,1-5H3;2*1H;/q;;;;+2/p-2. The maximum absolute atomic E-state index is 2.67. The average molecular weight is 597 g/mol. The molecule has 2 atom stereocenters. The summed E-state index contributed by atoms with van der Waals surface area (Å²) in [6.07, 6.45) is 21.6. The molecule has 3 heteroatoms. The van der Waals surface area contributed by atoms with Crippen molar-refractivity contribution >= 4 is 0 Å². The molecule has 4 aliphatic rings. The van der Waals surface area contributed by atoms with Crippen molar-refractivity contribution in [3.05, 3.63) is 42.0 Å². The van der Waals surface area contributed by atoms with Crippen molar-refractivity contribution in [3.63, 3.8) is 0 Å². The Hall–Kier alpha value is 0.423. The molecule has 0 aliphatic heterocycles. The molecule has 196 valence electrons. The first kappa shape index (κ1) is 31.6. The monoisotopic (exact) mass is 594 g/mol. The van der Waals surface area contributed by atoms with E-state index in [0.717, 1.165) is 0 Å². The minimum Gasteiger partial charge on any atom is -1.00 e. The van der Waals surface area contributed by atoms with Crippen LogP contribution in [0.2, 0.25) is 0 Å². The van der Waals surface area contributed by atoms with Crippen LogP contribution >= 0.6 is 0 Å². The van der Waals surface area contributed by atoms with Crippen LogP contribution in [0, 0.1) is 32.5 Å². The molecule has 0 bridgehead atoms. The number of halogens is 2. The van der Waals surface area contributed by atoms with Crippen molar-refractivity contribution in [1.82, 2.24) is 0 Å². The maximum atomic E-state index is 2.67. The molecule has 0 radical (unpaired) electrons. The molecule has 0 aromatic carbocycles. The van der Waals surface area contributed by atoms with Gasteiger partial charge in [-0.3, -0.25) is 0 Å². The second-order valence-electron chi connectivity index (χ2n) is 14.4. The van der Waals surface area contributed by atoms with Gasteiger partial charge in [0, 0.05) is 0 Å². The molecule has 2 saturated carbocycles. The molecule has 0 aromatic heterocycles. The summed E-state index contributed by atoms with van der Waals surface area (Å²) in [4.78, 5) is 0. The van der Waals surface area contributed by atoms with E-state index in [9.17, 15) is 0 Å². The van der Waals surface area contributed by atoms with Gasteiger partial charge in [0.25, 0.3) is 0 Å². The third-order valence-electron chi connectivity index (χ3n) is 11.2. The minimum absolute atomic E-state index is 0. The van der Waals surface area contributed by atoms with Gasteiger partial charge in [-0.15, -0.1) is 0 Å². The summed E-state index contributed by atoms with van der Waals surface area (Å²) in [5.41, 5.74) is 5.16. The molecule has 35 heavy (non-hydrogen) atoms. The second-order valence-corrected chi connectivity index (χ2v) is 17.5. The Kier molecular flexibility index (Phi) is 9.21. The first-order valence-electron chi connectivity index (χ1n) is 13.7. The fourth-order valence-corrected chi connectivity index (χ4v) is 14.0. The van der Waals surface area contributed by atoms with Crippen LogP contribution in [0.1, 0.15) is 121 Å². The summed E-state index contributed by atoms with van der Waals surface area (Å²) in [5, 5.41) is 0. The van der Waals surface area contributed by atoms with Gasteiger partial charge in [-0.1, -0.05) is 0 Å². The Morgan fingerprint density at radius 3 is 1.14 bits per heavy atom. The van der Waals surface area contributed by atoms with E-state index in [0.29, 0.717) is 21.7 Å². The van der Waals surface area contributed by atoms with Crippen LogP contribution in [0.5, 0.6) is 0 Å². The zero-order valence-corrected chi connectivity index (χ0v) is 28.2. The summed E-state index contributed by atoms with van der Waals surface area (Å²) >= 11 is -0.946. The van der Waals surface area contributed by atoms with Gasteiger partial charge in [0.15, 0.2) is 0 Å². The van der Waals surface area contributed by atoms with Crippen LogP contribution in [-0.4, -0.2) is 0 Å². The summed E-state index contributed by atoms with van der Waals surface area (Å²) in [7, 11) is 0. The third-order valence-corrected chi connectivity index (χ3v) is 16.9. The molecule has 4 aliphatic carbocycles. The first-order chi connectivity index (χ1) is 15.2. The van der Waals surface area contributed by atoms with Crippen molar-refractivity contribution in [2.24, 2.45) is 32.5 Å². The molecular weight excluding hydrogens is 546 g/mol. The van der Waals surface area contributed by atoms with Crippen molar-refractivity contribution in [2.45, 2.75) is 121 Å². The predicted molar refractivity (Wildman–Crippen MR) is 141 cm³/mol. The zero-order valence-electron chi connectivity index (χ0n) is 24.2. The molecule has 0 nitrogen and oxygen atoms in total. The topological polar surface area (TPSA) is 0 Å². The Labute approximate surface area is 241 Å². The molecule has 2 fully saturated rings. The molecule has 0 N–H and O–H groups in total. The van der Waals surface area contributed by atoms with Gasteiger partial charge in [-0.05, 0) is 0 Å². The van der Waals surface area contributed by atoms with E-state index in [-0.39, 0.29) is 35.6 Å². The smallest absolute Gasteiger partial charge is 1.00 e. The van der Waals surface area contributed by atoms with Crippen LogP contribution in [0.25, 0.3) is 0 Å². The van der Waals surface area contributed by atoms with Gasteiger partial charge in [-0.2, -0.15) is 0 Å². The van der Waals surface area contributed by atoms with E-state index < -0.39 is 23.2 Å². The van der Waals surface area contributed by atoms with E-state index in [1.807, 2.05) is 6.56 Å². The predicted octanol–water partition coefficient (Wildman–Crippen LogP) is 3.99. The molecule has 2 unspecified atom stereocenters. The summed E-state index contributed by atoms with van der Waals surface area (Å²) < 4.78 is 3.79. The molecular formula is C32H50Cl2Zr. The van der Waals surface area contributed by atoms with E-state index in [2.05, 4.69) is 93.5 Å². The number of hydrogen-bond donors (Lipinski definition) is 0. The van der Waals surface area contributed by atoms with Gasteiger partial charge in [0.1, 0.15) is 0 Å². The second kappa shape index (κ2) is 10.2. The van der Waals surface area contributed by atoms with Crippen molar-refractivity contribution in [3.8, 4) is 0 Å². The summed E-state index contributed by atoms with van der Waals surface area (Å²) in [5.74, 6) is 0. The fraction of sp³-hybridized carbons (Fsp3) is 0.750. The van der Waals surface area contributed by atoms with Gasteiger partial charge in [0.2, 0.25) is 0 Å². The Morgan fingerprint density at radius 2 is 0.886 bits per heavy atom. The number of allylic oxidation sites excluding steroid dienone is 8. The van der Waals surface area contributed by atoms with Gasteiger partial charge in [-0.25, -0.2) is 0 Å². The third kappa shape index (κ3) is 4.43. The molecule has 0 saturated heterocycles. The normalized spacial score (nSPS) is 31.6. The van der Waals surface area contributed by atoms with Crippen LogP contribution in [0.4, 0.5) is 0 Å². The number of rotatable bonds is 4. The first-order valence-corrected chi connectivity index (χ1v) is 16.2. The molecule has 0 spiro atoms. The largest absolute Gasteiger partial charge is 1.00 e. The van der Waals surface area contributed by atoms with E-state index in [4.69, 9.17) is 0 Å². The van der Waals surface area contributed by atoms with Crippen LogP contribution < -0.4 is 24.8 Å². The van der Waals surface area contributed by atoms with Crippen LogP contribution in [0.3, 0.4) is 0 Å². The Balaban J connectivity index is 0.00000216. The quantitative estimate of drug-likeness (QED) is 0.461. The molecule has 4 rings (SSSR count). The summed E-state index contributed by atoms with van der Waals surface area (Å²) in [6, 6.07) is 0. The van der Waals surface area contributed by atoms with E-state index >= 15 is 0 Å². The zero-order chi connectivity index (χ0) is 24.5. The minimum atomic E-state index is -0.946. The van der Waals surface area contributed by atoms with Crippen LogP contribution in [0.15, 0.2) is 42.0 Å². The van der Waals surface area contributed by atoms with Gasteiger partial charge < -0.3 is 24.8 Å². The Bertz CT molecular complexity index is 848. The molecule has 0 heterocycles. The Morgan fingerprint density at radius 1 is 0.600 bits per heavy atom. The summed E-state index contributed by atoms with van der Waals surface area (Å²) in [6.45, 7) is 25.4. The van der Waals surface area contributed by atoms with Crippen molar-refractivity contribution in [1.29, 1.82) is 0 Å². The number of hydrogen-bond acceptors (Lipinski definition) is 0. The average Bonchev–Trinajstić information content (AvgIpc) is 3.47. The maximum Gasteiger partial charge on any atom is -1.00 e. The van der Waals surface area contributed by atoms with E-state index in [1.54, 1.807) is 11.1 Å². The fourth-order valence-electron chi connectivity index (χ4n) is 9.17. The van der Waals surface area contributed by atoms with Gasteiger partial charge >= 0.3 is 218 Å². The van der Waals surface area contributed by atoms with Gasteiger partial charge in [0.05, 0.1) is 0 Å². The molecule has 0 amide bonds. The van der Waals surface area contributed by atoms with Crippen LogP contribution in [-0.2, 0) is 23.2 Å². The van der Waals surface area contributed by atoms with Crippen molar-refractivity contribution < 1.29 is 48.0 Å². The SMILES string of the molecule is CC1=[C]([Zr+2][C]2=C(C)C=CC2(C)C2(C(C)(C)C)CCCC2)C(C)(C2(C(C)(C)C)CCCC2)C=C1.[Cl-].[Cl-].